The first kappa shape index (κ1) is 16.8. The van der Waals surface area contributed by atoms with Crippen molar-refractivity contribution in [3.05, 3.63) is 29.8 Å². The summed E-state index contributed by atoms with van der Waals surface area (Å²) in [5.74, 6) is 1.43. The molecule has 1 aromatic carbocycles. The predicted molar refractivity (Wildman–Crippen MR) is 92.3 cm³/mol. The van der Waals surface area contributed by atoms with Crippen molar-refractivity contribution in [2.75, 3.05) is 21.3 Å². The van der Waals surface area contributed by atoms with Crippen molar-refractivity contribution < 1.29 is 19.0 Å². The van der Waals surface area contributed by atoms with Crippen LogP contribution in [-0.2, 0) is 9.53 Å². The van der Waals surface area contributed by atoms with Gasteiger partial charge in [-0.15, -0.1) is 0 Å². The van der Waals surface area contributed by atoms with Gasteiger partial charge in [0.15, 0.2) is 11.5 Å². The second-order valence-corrected chi connectivity index (χ2v) is 6.41. The van der Waals surface area contributed by atoms with E-state index in [0.717, 1.165) is 31.2 Å². The molecule has 2 aliphatic heterocycles. The number of amides is 1. The summed E-state index contributed by atoms with van der Waals surface area (Å²) in [5, 5.41) is 0. The summed E-state index contributed by atoms with van der Waals surface area (Å²) in [5.41, 5.74) is 0.917. The van der Waals surface area contributed by atoms with E-state index in [2.05, 4.69) is 0 Å². The van der Waals surface area contributed by atoms with Crippen LogP contribution in [0, 0.1) is 0 Å². The van der Waals surface area contributed by atoms with Crippen LogP contribution in [-0.4, -0.2) is 50.3 Å². The summed E-state index contributed by atoms with van der Waals surface area (Å²) < 4.78 is 16.0. The Kier molecular flexibility index (Phi) is 5.09. The number of piperidine rings is 1. The molecule has 2 heterocycles. The van der Waals surface area contributed by atoms with E-state index in [9.17, 15) is 4.79 Å². The number of hydrogen-bond donors (Lipinski definition) is 0. The molecule has 0 N–H and O–H groups in total. The monoisotopic (exact) mass is 331 g/mol. The maximum absolute atomic E-state index is 12.6. The third-order valence-corrected chi connectivity index (χ3v) is 5.10. The molecule has 0 radical (unpaired) electrons. The van der Waals surface area contributed by atoms with Gasteiger partial charge in [-0.25, -0.2) is 0 Å². The molecule has 2 unspecified atom stereocenters. The van der Waals surface area contributed by atoms with Crippen molar-refractivity contribution in [3.8, 4) is 11.5 Å². The average Bonchev–Trinajstić information content (AvgIpc) is 2.89. The molecule has 1 aromatic rings. The molecule has 5 nitrogen and oxygen atoms in total. The Balaban J connectivity index is 1.70. The molecule has 130 valence electrons. The molecule has 1 amide bonds. The molecule has 24 heavy (non-hydrogen) atoms. The van der Waals surface area contributed by atoms with Crippen LogP contribution < -0.4 is 9.47 Å². The van der Waals surface area contributed by atoms with Gasteiger partial charge < -0.3 is 19.1 Å². The van der Waals surface area contributed by atoms with Crippen molar-refractivity contribution in [2.45, 2.75) is 43.9 Å². The molecule has 0 aromatic heterocycles. The van der Waals surface area contributed by atoms with Gasteiger partial charge in [0.1, 0.15) is 0 Å². The van der Waals surface area contributed by atoms with Gasteiger partial charge in [-0.1, -0.05) is 6.07 Å². The minimum absolute atomic E-state index is 0.0897. The van der Waals surface area contributed by atoms with Gasteiger partial charge in [0.25, 0.3) is 0 Å². The maximum Gasteiger partial charge on any atom is 0.247 e. The fraction of sp³-hybridized carbons (Fsp3) is 0.526. The molecule has 0 aliphatic carbocycles. The number of carbonyl (C=O) groups is 1. The molecule has 2 aliphatic rings. The third-order valence-electron chi connectivity index (χ3n) is 5.10. The molecule has 2 bridgehead atoms. The van der Waals surface area contributed by atoms with Crippen molar-refractivity contribution in [2.24, 2.45) is 0 Å². The van der Waals surface area contributed by atoms with Crippen LogP contribution in [0.3, 0.4) is 0 Å². The Morgan fingerprint density at radius 2 is 1.75 bits per heavy atom. The lowest BCUT2D eigenvalue weighted by molar-refractivity contribution is -0.132. The van der Waals surface area contributed by atoms with Gasteiger partial charge in [0.05, 0.1) is 20.3 Å². The summed E-state index contributed by atoms with van der Waals surface area (Å²) >= 11 is 0. The fourth-order valence-corrected chi connectivity index (χ4v) is 3.89. The number of rotatable bonds is 5. The van der Waals surface area contributed by atoms with Crippen LogP contribution in [0.1, 0.15) is 31.2 Å². The average molecular weight is 331 g/mol. The lowest BCUT2D eigenvalue weighted by Crippen LogP contribution is -2.47. The minimum Gasteiger partial charge on any atom is -0.493 e. The third kappa shape index (κ3) is 3.26. The van der Waals surface area contributed by atoms with E-state index >= 15 is 0 Å². The second kappa shape index (κ2) is 7.26. The highest BCUT2D eigenvalue weighted by atomic mass is 16.5. The molecule has 0 spiro atoms. The van der Waals surface area contributed by atoms with Crippen LogP contribution in [0.5, 0.6) is 11.5 Å². The van der Waals surface area contributed by atoms with Crippen molar-refractivity contribution in [1.29, 1.82) is 0 Å². The molecular weight excluding hydrogens is 306 g/mol. The first-order valence-electron chi connectivity index (χ1n) is 8.41. The SMILES string of the molecule is COc1ccc(/C=C/C(=O)N2C3CCC2CC(OC)C3)cc1OC. The largest absolute Gasteiger partial charge is 0.493 e. The zero-order valence-electron chi connectivity index (χ0n) is 14.5. The van der Waals surface area contributed by atoms with E-state index in [4.69, 9.17) is 14.2 Å². The first-order valence-corrected chi connectivity index (χ1v) is 8.41. The van der Waals surface area contributed by atoms with Crippen molar-refractivity contribution in [3.63, 3.8) is 0 Å². The standard InChI is InChI=1S/C19H25NO4/c1-22-16-11-14-6-7-15(12-16)20(14)19(21)9-5-13-4-8-17(23-2)18(10-13)24-3/h4-5,8-10,14-16H,6-7,11-12H2,1-3H3/b9-5+. The number of hydrogen-bond acceptors (Lipinski definition) is 4. The number of carbonyl (C=O) groups excluding carboxylic acids is 1. The number of fused-ring (bicyclic) bond motifs is 2. The minimum atomic E-state index is 0.0897. The summed E-state index contributed by atoms with van der Waals surface area (Å²) in [6.07, 6.45) is 7.86. The quantitative estimate of drug-likeness (QED) is 0.779. The molecular formula is C19H25NO4. The number of ether oxygens (including phenoxy) is 3. The highest BCUT2D eigenvalue weighted by molar-refractivity contribution is 5.92. The fourth-order valence-electron chi connectivity index (χ4n) is 3.89. The molecule has 0 saturated carbocycles. The second-order valence-electron chi connectivity index (χ2n) is 6.41. The van der Waals surface area contributed by atoms with E-state index in [1.54, 1.807) is 27.4 Å². The van der Waals surface area contributed by atoms with E-state index in [1.165, 1.54) is 0 Å². The topological polar surface area (TPSA) is 48.0 Å². The Morgan fingerprint density at radius 1 is 1.08 bits per heavy atom. The summed E-state index contributed by atoms with van der Waals surface area (Å²) in [6, 6.07) is 6.26. The molecule has 2 saturated heterocycles. The Morgan fingerprint density at radius 3 is 2.33 bits per heavy atom. The maximum atomic E-state index is 12.6. The van der Waals surface area contributed by atoms with Gasteiger partial charge in [0.2, 0.25) is 5.91 Å². The van der Waals surface area contributed by atoms with Gasteiger partial charge in [-0.05, 0) is 49.5 Å². The smallest absolute Gasteiger partial charge is 0.247 e. The number of benzene rings is 1. The normalized spacial score (nSPS) is 26.0. The Hall–Kier alpha value is -2.01. The summed E-state index contributed by atoms with van der Waals surface area (Å²) in [4.78, 5) is 14.7. The van der Waals surface area contributed by atoms with Gasteiger partial charge >= 0.3 is 0 Å². The first-order chi connectivity index (χ1) is 11.7. The van der Waals surface area contributed by atoms with Gasteiger partial charge in [0, 0.05) is 25.3 Å². The van der Waals surface area contributed by atoms with E-state index < -0.39 is 0 Å². The highest BCUT2D eigenvalue weighted by Crippen LogP contribution is 2.37. The van der Waals surface area contributed by atoms with E-state index in [-0.39, 0.29) is 5.91 Å². The van der Waals surface area contributed by atoms with Crippen LogP contribution in [0.2, 0.25) is 0 Å². The van der Waals surface area contributed by atoms with Crippen molar-refractivity contribution >= 4 is 12.0 Å². The zero-order chi connectivity index (χ0) is 17.1. The van der Waals surface area contributed by atoms with Gasteiger partial charge in [-0.2, -0.15) is 0 Å². The summed E-state index contributed by atoms with van der Waals surface area (Å²) in [7, 11) is 4.98. The highest BCUT2D eigenvalue weighted by Gasteiger charge is 2.42. The summed E-state index contributed by atoms with van der Waals surface area (Å²) in [6.45, 7) is 0. The number of nitrogens with zero attached hydrogens (tertiary/aromatic N) is 1. The van der Waals surface area contributed by atoms with E-state index in [0.29, 0.717) is 29.7 Å². The van der Waals surface area contributed by atoms with Crippen molar-refractivity contribution in [1.82, 2.24) is 4.90 Å². The van der Waals surface area contributed by atoms with Crippen LogP contribution in [0.15, 0.2) is 24.3 Å². The molecule has 5 heteroatoms. The Labute approximate surface area is 143 Å². The molecule has 3 rings (SSSR count). The van der Waals surface area contributed by atoms with Gasteiger partial charge in [-0.3, -0.25) is 4.79 Å². The van der Waals surface area contributed by atoms with Crippen LogP contribution in [0.25, 0.3) is 6.08 Å². The predicted octanol–water partition coefficient (Wildman–Crippen LogP) is 2.89. The van der Waals surface area contributed by atoms with E-state index in [1.807, 2.05) is 29.2 Å². The van der Waals surface area contributed by atoms with Crippen LogP contribution >= 0.6 is 0 Å². The molecule has 2 fully saturated rings. The van der Waals surface area contributed by atoms with Crippen LogP contribution in [0.4, 0.5) is 0 Å². The lowest BCUT2D eigenvalue weighted by Gasteiger charge is -2.37. The Bertz CT molecular complexity index is 614. The number of methoxy groups -OCH3 is 3. The molecule has 2 atom stereocenters. The zero-order valence-corrected chi connectivity index (χ0v) is 14.5. The lowest BCUT2D eigenvalue weighted by atomic mass is 9.99.